The fourth-order valence-corrected chi connectivity index (χ4v) is 3.91. The first-order valence-electron chi connectivity index (χ1n) is 10.2. The number of fused-ring (bicyclic) bond motifs is 3. The maximum atomic E-state index is 13.1. The van der Waals surface area contributed by atoms with Gasteiger partial charge in [0.15, 0.2) is 0 Å². The molecule has 0 radical (unpaired) electrons. The van der Waals surface area contributed by atoms with Crippen molar-refractivity contribution in [3.05, 3.63) is 40.8 Å². The van der Waals surface area contributed by atoms with Crippen molar-refractivity contribution < 1.29 is 27.4 Å². The molecule has 1 fully saturated rings. The molecule has 1 aromatic carbocycles. The van der Waals surface area contributed by atoms with Gasteiger partial charge in [0.2, 0.25) is 5.75 Å². The molecular formula is C21H23F3N4O4. The van der Waals surface area contributed by atoms with Gasteiger partial charge in [-0.3, -0.25) is 9.36 Å². The first kappa shape index (κ1) is 22.0. The Bertz CT molecular complexity index is 1220. The van der Waals surface area contributed by atoms with Gasteiger partial charge in [-0.25, -0.2) is 9.31 Å². The molecule has 2 aromatic heterocycles. The number of piperidine rings is 1. The number of ether oxygens (including phenoxy) is 2. The predicted octanol–water partition coefficient (Wildman–Crippen LogP) is 4.12. The van der Waals surface area contributed by atoms with Gasteiger partial charge in [-0.15, -0.1) is 13.2 Å². The number of hydrogen-bond acceptors (Lipinski definition) is 5. The fraction of sp³-hybridized carbons (Fsp3) is 0.476. The smallest absolute Gasteiger partial charge is 0.444 e. The van der Waals surface area contributed by atoms with Crippen LogP contribution in [0.25, 0.3) is 16.6 Å². The predicted molar refractivity (Wildman–Crippen MR) is 110 cm³/mol. The van der Waals surface area contributed by atoms with Gasteiger partial charge in [0.25, 0.3) is 5.56 Å². The quantitative estimate of drug-likeness (QED) is 0.585. The van der Waals surface area contributed by atoms with E-state index in [-0.39, 0.29) is 0 Å². The van der Waals surface area contributed by atoms with E-state index in [2.05, 4.69) is 9.84 Å². The highest BCUT2D eigenvalue weighted by molar-refractivity contribution is 5.92. The molecule has 4 rings (SSSR count). The van der Waals surface area contributed by atoms with Crippen LogP contribution in [0.1, 0.15) is 39.7 Å². The van der Waals surface area contributed by atoms with Gasteiger partial charge in [0.05, 0.1) is 11.7 Å². The highest BCUT2D eigenvalue weighted by Gasteiger charge is 2.35. The van der Waals surface area contributed by atoms with Crippen LogP contribution < -0.4 is 10.3 Å². The zero-order valence-electron chi connectivity index (χ0n) is 17.8. The summed E-state index contributed by atoms with van der Waals surface area (Å²) in [6.07, 6.45) is -3.79. The molecule has 3 heterocycles. The lowest BCUT2D eigenvalue weighted by Crippen LogP contribution is -2.43. The Kier molecular flexibility index (Phi) is 5.30. The second kappa shape index (κ2) is 7.72. The monoisotopic (exact) mass is 452 g/mol. The number of halogens is 3. The molecule has 0 N–H and O–H groups in total. The van der Waals surface area contributed by atoms with E-state index in [4.69, 9.17) is 4.74 Å². The zero-order valence-corrected chi connectivity index (χ0v) is 17.8. The summed E-state index contributed by atoms with van der Waals surface area (Å²) >= 11 is 0. The number of likely N-dealkylation sites (tertiary alicyclic amines) is 1. The summed E-state index contributed by atoms with van der Waals surface area (Å²) in [6, 6.07) is 6.55. The summed E-state index contributed by atoms with van der Waals surface area (Å²) in [5.74, 6) is -0.854. The van der Waals surface area contributed by atoms with Crippen molar-refractivity contribution >= 4 is 22.6 Å². The molecule has 172 valence electrons. The SMILES string of the molecule is CC(C)(C)OC(=O)N1CCC(n2c(=O)c(OC(F)(F)F)cn3nc4ccccc4c23)CC1. The van der Waals surface area contributed by atoms with E-state index < -0.39 is 35.4 Å². The average Bonchev–Trinajstić information content (AvgIpc) is 3.04. The molecule has 0 saturated carbocycles. The lowest BCUT2D eigenvalue weighted by Gasteiger charge is -2.34. The Hall–Kier alpha value is -3.24. The summed E-state index contributed by atoms with van der Waals surface area (Å²) in [5.41, 5.74) is -0.611. The number of carbonyl (C=O) groups is 1. The van der Waals surface area contributed by atoms with Gasteiger partial charge in [-0.05, 0) is 45.7 Å². The van der Waals surface area contributed by atoms with Gasteiger partial charge in [0, 0.05) is 24.5 Å². The summed E-state index contributed by atoms with van der Waals surface area (Å²) in [7, 11) is 0. The molecule has 0 spiro atoms. The van der Waals surface area contributed by atoms with Crippen LogP contribution in [0.15, 0.2) is 35.3 Å². The highest BCUT2D eigenvalue weighted by Crippen LogP contribution is 2.29. The van der Waals surface area contributed by atoms with Crippen LogP contribution in [0.4, 0.5) is 18.0 Å². The lowest BCUT2D eigenvalue weighted by atomic mass is 10.0. The van der Waals surface area contributed by atoms with Crippen molar-refractivity contribution in [1.82, 2.24) is 19.1 Å². The average molecular weight is 452 g/mol. The van der Waals surface area contributed by atoms with Crippen LogP contribution in [0.5, 0.6) is 5.75 Å². The van der Waals surface area contributed by atoms with Crippen molar-refractivity contribution in [2.45, 2.75) is 51.6 Å². The summed E-state index contributed by atoms with van der Waals surface area (Å²) in [4.78, 5) is 27.0. The van der Waals surface area contributed by atoms with Crippen molar-refractivity contribution in [3.63, 3.8) is 0 Å². The molecule has 0 bridgehead atoms. The third kappa shape index (κ3) is 4.37. The van der Waals surface area contributed by atoms with Crippen molar-refractivity contribution in [2.75, 3.05) is 13.1 Å². The van der Waals surface area contributed by atoms with Crippen molar-refractivity contribution in [3.8, 4) is 5.75 Å². The maximum Gasteiger partial charge on any atom is 0.573 e. The molecule has 3 aromatic rings. The number of benzene rings is 1. The third-order valence-corrected chi connectivity index (χ3v) is 5.18. The molecule has 1 amide bonds. The number of alkyl halides is 3. The van der Waals surface area contributed by atoms with Crippen molar-refractivity contribution in [2.24, 2.45) is 0 Å². The van der Waals surface area contributed by atoms with Crippen LogP contribution in [-0.2, 0) is 4.74 Å². The van der Waals surface area contributed by atoms with E-state index in [1.54, 1.807) is 45.0 Å². The second-order valence-electron chi connectivity index (χ2n) is 8.70. The van der Waals surface area contributed by atoms with E-state index in [1.165, 1.54) is 14.0 Å². The number of amides is 1. The number of nitrogens with zero attached hydrogens (tertiary/aromatic N) is 4. The van der Waals surface area contributed by atoms with E-state index in [0.717, 1.165) is 6.20 Å². The lowest BCUT2D eigenvalue weighted by molar-refractivity contribution is -0.275. The van der Waals surface area contributed by atoms with Crippen LogP contribution in [0, 0.1) is 0 Å². The van der Waals surface area contributed by atoms with Crippen LogP contribution in [0.2, 0.25) is 0 Å². The summed E-state index contributed by atoms with van der Waals surface area (Å²) < 4.78 is 50.7. The second-order valence-corrected chi connectivity index (χ2v) is 8.70. The fourth-order valence-electron chi connectivity index (χ4n) is 3.91. The maximum absolute atomic E-state index is 13.1. The van der Waals surface area contributed by atoms with E-state index in [0.29, 0.717) is 42.5 Å². The molecule has 8 nitrogen and oxygen atoms in total. The minimum atomic E-state index is -5.02. The van der Waals surface area contributed by atoms with Gasteiger partial charge < -0.3 is 14.4 Å². The number of carbonyl (C=O) groups excluding carboxylic acids is 1. The molecule has 1 aliphatic heterocycles. The molecular weight excluding hydrogens is 429 g/mol. The van der Waals surface area contributed by atoms with E-state index in [9.17, 15) is 22.8 Å². The molecule has 1 saturated heterocycles. The molecule has 11 heteroatoms. The van der Waals surface area contributed by atoms with Gasteiger partial charge in [0.1, 0.15) is 11.2 Å². The first-order chi connectivity index (χ1) is 14.9. The molecule has 1 aliphatic rings. The highest BCUT2D eigenvalue weighted by atomic mass is 19.4. The summed E-state index contributed by atoms with van der Waals surface area (Å²) in [5, 5.41) is 4.95. The standard InChI is InChI=1S/C21H23F3N4O4/c1-20(2,3)32-19(30)26-10-8-13(9-11-26)28-17-14-6-4-5-7-15(14)25-27(17)12-16(18(28)29)31-21(22,23)24/h4-7,12-13H,8-11H2,1-3H3. The Morgan fingerprint density at radius 2 is 1.78 bits per heavy atom. The van der Waals surface area contributed by atoms with Crippen LogP contribution in [0.3, 0.4) is 0 Å². The van der Waals surface area contributed by atoms with E-state index in [1.807, 2.05) is 0 Å². The minimum absolute atomic E-state index is 0.300. The normalized spacial score (nSPS) is 16.0. The van der Waals surface area contributed by atoms with Crippen LogP contribution in [-0.4, -0.2) is 50.2 Å². The molecule has 0 unspecified atom stereocenters. The largest absolute Gasteiger partial charge is 0.573 e. The Morgan fingerprint density at radius 1 is 1.12 bits per heavy atom. The number of hydrogen-bond donors (Lipinski definition) is 0. The summed E-state index contributed by atoms with van der Waals surface area (Å²) in [6.45, 7) is 5.91. The number of rotatable bonds is 2. The van der Waals surface area contributed by atoms with Gasteiger partial charge in [-0.2, -0.15) is 5.10 Å². The van der Waals surface area contributed by atoms with Gasteiger partial charge in [-0.1, -0.05) is 12.1 Å². The van der Waals surface area contributed by atoms with E-state index >= 15 is 0 Å². The zero-order chi connectivity index (χ0) is 23.3. The topological polar surface area (TPSA) is 78.1 Å². The first-order valence-corrected chi connectivity index (χ1v) is 10.2. The minimum Gasteiger partial charge on any atom is -0.444 e. The third-order valence-electron chi connectivity index (χ3n) is 5.18. The molecule has 0 atom stereocenters. The molecule has 0 aliphatic carbocycles. The molecule has 32 heavy (non-hydrogen) atoms. The Morgan fingerprint density at radius 3 is 2.41 bits per heavy atom. The Labute approximate surface area is 181 Å². The van der Waals surface area contributed by atoms with Gasteiger partial charge >= 0.3 is 12.5 Å². The van der Waals surface area contributed by atoms with Crippen LogP contribution >= 0.6 is 0 Å². The van der Waals surface area contributed by atoms with Crippen molar-refractivity contribution in [1.29, 1.82) is 0 Å². The number of aromatic nitrogens is 3. The Balaban J connectivity index is 1.74.